The first-order chi connectivity index (χ1) is 10.7. The van der Waals surface area contributed by atoms with Crippen molar-refractivity contribution < 1.29 is 4.79 Å². The molecule has 5 nitrogen and oxygen atoms in total. The number of hydrogen-bond donors (Lipinski definition) is 1. The summed E-state index contributed by atoms with van der Waals surface area (Å²) in [7, 11) is 0. The van der Waals surface area contributed by atoms with Gasteiger partial charge in [-0.05, 0) is 29.3 Å². The highest BCUT2D eigenvalue weighted by Gasteiger charge is 2.19. The van der Waals surface area contributed by atoms with Gasteiger partial charge in [0.25, 0.3) is 5.91 Å². The quantitative estimate of drug-likeness (QED) is 0.781. The van der Waals surface area contributed by atoms with Crippen molar-refractivity contribution in [2.75, 3.05) is 0 Å². The van der Waals surface area contributed by atoms with Crippen LogP contribution in [0.5, 0.6) is 0 Å². The third kappa shape index (κ3) is 3.55. The van der Waals surface area contributed by atoms with Gasteiger partial charge < -0.3 is 5.32 Å². The predicted octanol–water partition coefficient (Wildman–Crippen LogP) is 3.02. The minimum absolute atomic E-state index is 0.152. The van der Waals surface area contributed by atoms with E-state index in [0.29, 0.717) is 5.56 Å². The van der Waals surface area contributed by atoms with Crippen LogP contribution in [0.1, 0.15) is 32.7 Å². The van der Waals surface area contributed by atoms with E-state index in [1.165, 1.54) is 24.3 Å². The first kappa shape index (κ1) is 14.8. The van der Waals surface area contributed by atoms with Gasteiger partial charge in [-0.1, -0.05) is 0 Å². The largest absolute Gasteiger partial charge is 0.342 e. The fourth-order valence-electron chi connectivity index (χ4n) is 2.03. The number of nitrogens with zero attached hydrogens (tertiary/aromatic N) is 3. The van der Waals surface area contributed by atoms with Crippen molar-refractivity contribution in [3.8, 4) is 0 Å². The first-order valence-corrected chi connectivity index (χ1v) is 8.53. The number of aryl methyl sites for hydroxylation is 1. The average Bonchev–Trinajstić information content (AvgIpc) is 3.19. The molecule has 22 heavy (non-hydrogen) atoms. The summed E-state index contributed by atoms with van der Waals surface area (Å²) in [6, 6.07) is 1.91. The van der Waals surface area contributed by atoms with Gasteiger partial charge in [-0.15, -0.1) is 11.3 Å². The minimum atomic E-state index is -0.186. The molecule has 3 rings (SSSR count). The van der Waals surface area contributed by atoms with E-state index in [9.17, 15) is 4.79 Å². The molecular formula is C15H14N4OS2. The van der Waals surface area contributed by atoms with E-state index in [2.05, 4.69) is 31.7 Å². The Bertz CT molecular complexity index is 740. The van der Waals surface area contributed by atoms with Crippen LogP contribution in [0.25, 0.3) is 0 Å². The molecule has 0 aromatic carbocycles. The lowest BCUT2D eigenvalue weighted by Crippen LogP contribution is -2.30. The summed E-state index contributed by atoms with van der Waals surface area (Å²) in [6.07, 6.45) is 5.15. The molecule has 0 unspecified atom stereocenters. The maximum Gasteiger partial charge on any atom is 0.254 e. The first-order valence-electron chi connectivity index (χ1n) is 6.71. The van der Waals surface area contributed by atoms with Crippen molar-refractivity contribution in [3.63, 3.8) is 0 Å². The average molecular weight is 330 g/mol. The molecule has 0 aliphatic rings. The summed E-state index contributed by atoms with van der Waals surface area (Å²) in [5, 5.41) is 10.1. The maximum absolute atomic E-state index is 12.4. The topological polar surface area (TPSA) is 67.8 Å². The Labute approximate surface area is 136 Å². The minimum Gasteiger partial charge on any atom is -0.342 e. The Morgan fingerprint density at radius 1 is 1.32 bits per heavy atom. The molecule has 0 fully saturated rings. The van der Waals surface area contributed by atoms with E-state index in [0.717, 1.165) is 17.1 Å². The summed E-state index contributed by atoms with van der Waals surface area (Å²) in [5.74, 6) is -0.186. The molecule has 0 saturated heterocycles. The highest BCUT2D eigenvalue weighted by atomic mass is 32.1. The van der Waals surface area contributed by atoms with E-state index in [1.54, 1.807) is 22.7 Å². The second kappa shape index (κ2) is 6.76. The Hall–Kier alpha value is -2.12. The molecule has 1 amide bonds. The molecule has 7 heteroatoms. The number of amides is 1. The lowest BCUT2D eigenvalue weighted by molar-refractivity contribution is 0.0935. The molecule has 0 radical (unpaired) electrons. The van der Waals surface area contributed by atoms with Crippen LogP contribution in [-0.2, 0) is 6.42 Å². The van der Waals surface area contributed by atoms with Gasteiger partial charge in [-0.2, -0.15) is 11.3 Å². The Balaban J connectivity index is 1.80. The third-order valence-corrected chi connectivity index (χ3v) is 4.89. The van der Waals surface area contributed by atoms with Crippen molar-refractivity contribution in [1.29, 1.82) is 0 Å². The van der Waals surface area contributed by atoms with Crippen LogP contribution in [-0.4, -0.2) is 20.9 Å². The van der Waals surface area contributed by atoms with Crippen molar-refractivity contribution in [2.45, 2.75) is 19.4 Å². The molecule has 0 saturated carbocycles. The van der Waals surface area contributed by atoms with Crippen LogP contribution in [0.2, 0.25) is 0 Å². The van der Waals surface area contributed by atoms with Gasteiger partial charge in [-0.25, -0.2) is 15.0 Å². The highest BCUT2D eigenvalue weighted by Crippen LogP contribution is 2.23. The monoisotopic (exact) mass is 330 g/mol. The highest BCUT2D eigenvalue weighted by molar-refractivity contribution is 7.09. The lowest BCUT2D eigenvalue weighted by Gasteiger charge is -2.16. The van der Waals surface area contributed by atoms with E-state index in [4.69, 9.17) is 0 Å². The van der Waals surface area contributed by atoms with Crippen LogP contribution in [0.4, 0.5) is 0 Å². The van der Waals surface area contributed by atoms with Crippen molar-refractivity contribution >= 4 is 28.6 Å². The van der Waals surface area contributed by atoms with Crippen LogP contribution < -0.4 is 5.32 Å². The zero-order valence-corrected chi connectivity index (χ0v) is 13.5. The number of hydrogen-bond acceptors (Lipinski definition) is 6. The second-order valence-corrected chi connectivity index (χ2v) is 6.49. The third-order valence-electron chi connectivity index (χ3n) is 3.08. The van der Waals surface area contributed by atoms with Gasteiger partial charge in [0, 0.05) is 29.9 Å². The van der Waals surface area contributed by atoms with Gasteiger partial charge in [0.05, 0.1) is 11.6 Å². The number of rotatable bonds is 5. The number of carbonyl (C=O) groups is 1. The molecule has 0 spiro atoms. The standard InChI is InChI=1S/C15H14N4OS2/c1-10-7-22-15(18-10)13(4-11-2-3-21-8-11)19-14(20)12-5-16-9-17-6-12/h2-3,5-9,13H,4H2,1H3,(H,19,20)/t13-/m0/s1. The van der Waals surface area contributed by atoms with E-state index < -0.39 is 0 Å². The molecule has 0 aliphatic heterocycles. The fraction of sp³-hybridized carbons (Fsp3) is 0.200. The van der Waals surface area contributed by atoms with Crippen LogP contribution in [0, 0.1) is 6.92 Å². The molecule has 1 atom stereocenters. The Morgan fingerprint density at radius 3 is 2.77 bits per heavy atom. The van der Waals surface area contributed by atoms with Gasteiger partial charge in [0.15, 0.2) is 0 Å². The van der Waals surface area contributed by atoms with Crippen LogP contribution in [0.3, 0.4) is 0 Å². The van der Waals surface area contributed by atoms with Gasteiger partial charge in [-0.3, -0.25) is 4.79 Å². The van der Waals surface area contributed by atoms with E-state index >= 15 is 0 Å². The maximum atomic E-state index is 12.4. The van der Waals surface area contributed by atoms with Crippen molar-refractivity contribution in [2.24, 2.45) is 0 Å². The fourth-order valence-corrected chi connectivity index (χ4v) is 3.56. The van der Waals surface area contributed by atoms with Crippen LogP contribution in [0.15, 0.2) is 40.9 Å². The molecule has 0 aliphatic carbocycles. The van der Waals surface area contributed by atoms with Crippen LogP contribution >= 0.6 is 22.7 Å². The summed E-state index contributed by atoms with van der Waals surface area (Å²) in [5.41, 5.74) is 2.60. The van der Waals surface area contributed by atoms with Gasteiger partial charge in [0.2, 0.25) is 0 Å². The second-order valence-electron chi connectivity index (χ2n) is 4.82. The van der Waals surface area contributed by atoms with Crippen molar-refractivity contribution in [1.82, 2.24) is 20.3 Å². The lowest BCUT2D eigenvalue weighted by atomic mass is 10.1. The Kier molecular flexibility index (Phi) is 4.55. The summed E-state index contributed by atoms with van der Waals surface area (Å²) in [6.45, 7) is 1.95. The predicted molar refractivity (Wildman–Crippen MR) is 87.1 cm³/mol. The molecule has 0 bridgehead atoms. The van der Waals surface area contributed by atoms with Crippen molar-refractivity contribution in [3.05, 3.63) is 62.8 Å². The molecule has 3 aromatic rings. The Morgan fingerprint density at radius 2 is 2.14 bits per heavy atom. The summed E-state index contributed by atoms with van der Waals surface area (Å²) >= 11 is 3.21. The number of carbonyl (C=O) groups excluding carboxylic acids is 1. The molecule has 112 valence electrons. The SMILES string of the molecule is Cc1csc([C@H](Cc2ccsc2)NC(=O)c2cncnc2)n1. The zero-order valence-electron chi connectivity index (χ0n) is 11.9. The normalized spacial score (nSPS) is 12.0. The van der Waals surface area contributed by atoms with E-state index in [-0.39, 0.29) is 11.9 Å². The van der Waals surface area contributed by atoms with E-state index in [1.807, 2.05) is 17.7 Å². The summed E-state index contributed by atoms with van der Waals surface area (Å²) in [4.78, 5) is 24.6. The van der Waals surface area contributed by atoms with Gasteiger partial charge in [0.1, 0.15) is 11.3 Å². The number of thiazole rings is 1. The molecule has 3 heterocycles. The zero-order chi connectivity index (χ0) is 15.4. The smallest absolute Gasteiger partial charge is 0.254 e. The molecular weight excluding hydrogens is 316 g/mol. The number of aromatic nitrogens is 3. The van der Waals surface area contributed by atoms with Gasteiger partial charge >= 0.3 is 0 Å². The molecule has 1 N–H and O–H groups in total. The summed E-state index contributed by atoms with van der Waals surface area (Å²) < 4.78 is 0. The number of thiophene rings is 1. The number of nitrogens with one attached hydrogen (secondary N) is 1. The molecule has 3 aromatic heterocycles.